The number of nitrogens with two attached hydrogens (primary N) is 1. The molecule has 1 saturated heterocycles. The summed E-state index contributed by atoms with van der Waals surface area (Å²) in [6.45, 7) is 8.74. The molecule has 0 aromatic rings. The molecule has 1 fully saturated rings. The van der Waals surface area contributed by atoms with Gasteiger partial charge >= 0.3 is 0 Å². The van der Waals surface area contributed by atoms with Crippen molar-refractivity contribution in [1.82, 2.24) is 10.2 Å². The lowest BCUT2D eigenvalue weighted by Crippen LogP contribution is -2.52. The third-order valence-corrected chi connectivity index (χ3v) is 5.11. The molecule has 1 amide bonds. The maximum Gasteiger partial charge on any atom is 0.233 e. The zero-order chi connectivity index (χ0) is 16.1. The Hall–Kier alpha value is -1.30. The van der Waals surface area contributed by atoms with E-state index in [1.807, 2.05) is 13.8 Å². The van der Waals surface area contributed by atoms with E-state index in [1.165, 1.54) is 0 Å². The van der Waals surface area contributed by atoms with Crippen LogP contribution in [0.5, 0.6) is 0 Å². The van der Waals surface area contributed by atoms with E-state index in [4.69, 9.17) is 10.9 Å². The van der Waals surface area contributed by atoms with Crippen LogP contribution in [0.4, 0.5) is 0 Å². The summed E-state index contributed by atoms with van der Waals surface area (Å²) >= 11 is 0. The normalized spacial score (nSPS) is 20.3. The highest BCUT2D eigenvalue weighted by Gasteiger charge is 2.40. The molecule has 0 unspecified atom stereocenters. The van der Waals surface area contributed by atoms with Gasteiger partial charge in [0.25, 0.3) is 0 Å². The van der Waals surface area contributed by atoms with Gasteiger partial charge in [-0.25, -0.2) is 0 Å². The number of nitrogens with one attached hydrogen (secondary N) is 1. The van der Waals surface area contributed by atoms with Crippen LogP contribution in [0.25, 0.3) is 0 Å². The third-order valence-electron chi connectivity index (χ3n) is 5.11. The van der Waals surface area contributed by atoms with Crippen molar-refractivity contribution in [3.63, 3.8) is 0 Å². The first kappa shape index (κ1) is 17.8. The Labute approximate surface area is 127 Å². The lowest BCUT2D eigenvalue weighted by atomic mass is 9.78. The standard InChI is InChI=1S/C15H30N4O2/c1-5-15(6-2,12(16)18-21)13(20)17-11-14(3)7-9-19(4)10-8-14/h21H,5-11H2,1-4H3,(H2,16,18)(H,17,20). The smallest absolute Gasteiger partial charge is 0.233 e. The number of amides is 1. The predicted octanol–water partition coefficient (Wildman–Crippen LogP) is 1.39. The largest absolute Gasteiger partial charge is 0.409 e. The number of nitrogens with zero attached hydrogens (tertiary/aromatic N) is 2. The minimum atomic E-state index is -0.906. The quantitative estimate of drug-likeness (QED) is 0.299. The van der Waals surface area contributed by atoms with Crippen molar-refractivity contribution in [3.05, 3.63) is 0 Å². The third kappa shape index (κ3) is 3.87. The first-order valence-electron chi connectivity index (χ1n) is 7.78. The van der Waals surface area contributed by atoms with Gasteiger partial charge in [-0.2, -0.15) is 0 Å². The number of hydrogen-bond acceptors (Lipinski definition) is 4. The fraction of sp³-hybridized carbons (Fsp3) is 0.867. The molecule has 0 spiro atoms. The van der Waals surface area contributed by atoms with Crippen LogP contribution >= 0.6 is 0 Å². The first-order valence-corrected chi connectivity index (χ1v) is 7.78. The molecule has 0 aromatic carbocycles. The number of oxime groups is 1. The number of likely N-dealkylation sites (tertiary alicyclic amines) is 1. The van der Waals surface area contributed by atoms with E-state index >= 15 is 0 Å². The number of piperidine rings is 1. The van der Waals surface area contributed by atoms with E-state index in [0.29, 0.717) is 19.4 Å². The van der Waals surface area contributed by atoms with Crippen LogP contribution in [0.3, 0.4) is 0 Å². The number of carbonyl (C=O) groups excluding carboxylic acids is 1. The van der Waals surface area contributed by atoms with Crippen molar-refractivity contribution in [1.29, 1.82) is 0 Å². The molecule has 1 aliphatic rings. The maximum atomic E-state index is 12.6. The van der Waals surface area contributed by atoms with Crippen LogP contribution in [0.2, 0.25) is 0 Å². The van der Waals surface area contributed by atoms with Gasteiger partial charge in [-0.05, 0) is 51.2 Å². The molecule has 1 aliphatic heterocycles. The summed E-state index contributed by atoms with van der Waals surface area (Å²) < 4.78 is 0. The highest BCUT2D eigenvalue weighted by atomic mass is 16.4. The number of hydrogen-bond donors (Lipinski definition) is 3. The zero-order valence-electron chi connectivity index (χ0n) is 13.8. The molecule has 6 nitrogen and oxygen atoms in total. The van der Waals surface area contributed by atoms with Crippen LogP contribution in [-0.4, -0.2) is 48.5 Å². The topological polar surface area (TPSA) is 91.0 Å². The van der Waals surface area contributed by atoms with Gasteiger partial charge in [-0.1, -0.05) is 25.9 Å². The molecule has 21 heavy (non-hydrogen) atoms. The van der Waals surface area contributed by atoms with Gasteiger partial charge in [0, 0.05) is 6.54 Å². The minimum absolute atomic E-state index is 0.00136. The number of rotatable bonds is 6. The van der Waals surface area contributed by atoms with Crippen LogP contribution < -0.4 is 11.1 Å². The Kier molecular flexibility index (Phi) is 6.01. The highest BCUT2D eigenvalue weighted by Crippen LogP contribution is 2.31. The first-order chi connectivity index (χ1) is 9.83. The van der Waals surface area contributed by atoms with Gasteiger partial charge in [0.15, 0.2) is 5.84 Å². The summed E-state index contributed by atoms with van der Waals surface area (Å²) in [6, 6.07) is 0. The second-order valence-corrected chi connectivity index (χ2v) is 6.57. The second-order valence-electron chi connectivity index (χ2n) is 6.57. The average molecular weight is 298 g/mol. The van der Waals surface area contributed by atoms with Crippen molar-refractivity contribution >= 4 is 11.7 Å². The molecule has 0 radical (unpaired) electrons. The maximum absolute atomic E-state index is 12.6. The summed E-state index contributed by atoms with van der Waals surface area (Å²) in [7, 11) is 2.12. The van der Waals surface area contributed by atoms with Gasteiger partial charge in [0.2, 0.25) is 5.91 Å². The number of amidine groups is 1. The summed E-state index contributed by atoms with van der Waals surface area (Å²) in [4.78, 5) is 14.9. The lowest BCUT2D eigenvalue weighted by molar-refractivity contribution is -0.128. The van der Waals surface area contributed by atoms with E-state index in [9.17, 15) is 4.79 Å². The molecule has 0 saturated carbocycles. The van der Waals surface area contributed by atoms with Gasteiger partial charge in [0.05, 0.1) is 0 Å². The number of carbonyl (C=O) groups is 1. The van der Waals surface area contributed by atoms with Crippen molar-refractivity contribution in [3.8, 4) is 0 Å². The Morgan fingerprint density at radius 1 is 1.38 bits per heavy atom. The Morgan fingerprint density at radius 3 is 2.33 bits per heavy atom. The molecule has 4 N–H and O–H groups in total. The Bertz CT molecular complexity index is 383. The van der Waals surface area contributed by atoms with Crippen molar-refractivity contribution in [2.45, 2.75) is 46.5 Å². The van der Waals surface area contributed by atoms with Crippen molar-refractivity contribution < 1.29 is 10.0 Å². The fourth-order valence-electron chi connectivity index (χ4n) is 2.94. The Balaban J connectivity index is 2.71. The molecule has 1 rings (SSSR count). The van der Waals surface area contributed by atoms with Crippen LogP contribution in [0.1, 0.15) is 46.5 Å². The lowest BCUT2D eigenvalue weighted by Gasteiger charge is -2.39. The van der Waals surface area contributed by atoms with Crippen LogP contribution in [0.15, 0.2) is 5.16 Å². The van der Waals surface area contributed by atoms with Gasteiger partial charge < -0.3 is 21.2 Å². The molecule has 0 aliphatic carbocycles. The molecular weight excluding hydrogens is 268 g/mol. The molecule has 0 bridgehead atoms. The summed E-state index contributed by atoms with van der Waals surface area (Å²) in [5, 5.41) is 15.1. The SMILES string of the molecule is CCC(CC)(C(=O)NCC1(C)CCN(C)CC1)C(N)=NO. The van der Waals surface area contributed by atoms with Crippen LogP contribution in [0, 0.1) is 10.8 Å². The average Bonchev–Trinajstić information content (AvgIpc) is 2.50. The van der Waals surface area contributed by atoms with Crippen molar-refractivity contribution in [2.24, 2.45) is 21.7 Å². The molecule has 122 valence electrons. The summed E-state index contributed by atoms with van der Waals surface area (Å²) in [5.74, 6) is -0.138. The molecule has 6 heteroatoms. The van der Waals surface area contributed by atoms with E-state index < -0.39 is 5.41 Å². The van der Waals surface area contributed by atoms with E-state index in [2.05, 4.69) is 29.3 Å². The minimum Gasteiger partial charge on any atom is -0.409 e. The molecule has 0 aromatic heterocycles. The fourth-order valence-corrected chi connectivity index (χ4v) is 2.94. The van der Waals surface area contributed by atoms with E-state index in [1.54, 1.807) is 0 Å². The van der Waals surface area contributed by atoms with Crippen LogP contribution in [-0.2, 0) is 4.79 Å². The van der Waals surface area contributed by atoms with E-state index in [0.717, 1.165) is 25.9 Å². The van der Waals surface area contributed by atoms with Gasteiger partial charge in [0.1, 0.15) is 5.41 Å². The molecule has 1 heterocycles. The molecule has 0 atom stereocenters. The van der Waals surface area contributed by atoms with Gasteiger partial charge in [-0.15, -0.1) is 0 Å². The molecular formula is C15H30N4O2. The second kappa shape index (κ2) is 7.11. The summed E-state index contributed by atoms with van der Waals surface area (Å²) in [5.41, 5.74) is 4.99. The zero-order valence-corrected chi connectivity index (χ0v) is 13.8. The monoisotopic (exact) mass is 298 g/mol. The Morgan fingerprint density at radius 2 is 1.90 bits per heavy atom. The van der Waals surface area contributed by atoms with Gasteiger partial charge in [-0.3, -0.25) is 4.79 Å². The highest BCUT2D eigenvalue weighted by molar-refractivity contribution is 6.06. The van der Waals surface area contributed by atoms with E-state index in [-0.39, 0.29) is 17.2 Å². The van der Waals surface area contributed by atoms with Crippen molar-refractivity contribution in [2.75, 3.05) is 26.7 Å². The summed E-state index contributed by atoms with van der Waals surface area (Å²) in [6.07, 6.45) is 3.17. The predicted molar refractivity (Wildman–Crippen MR) is 84.3 cm³/mol.